The molecule has 0 bridgehead atoms. The first-order valence-corrected chi connectivity index (χ1v) is 17.2. The lowest BCUT2D eigenvalue weighted by Crippen LogP contribution is -2.27. The van der Waals surface area contributed by atoms with Gasteiger partial charge in [0, 0.05) is 6.54 Å². The fourth-order valence-electron chi connectivity index (χ4n) is 5.47. The Morgan fingerprint density at radius 2 is 1.79 bits per heavy atom. The van der Waals surface area contributed by atoms with E-state index in [1.807, 2.05) is 13.0 Å². The van der Waals surface area contributed by atoms with E-state index in [4.69, 9.17) is 4.74 Å². The minimum Gasteiger partial charge on any atom is -0.503 e. The fraction of sp³-hybridized carbons (Fsp3) is 0.515. The van der Waals surface area contributed by atoms with Gasteiger partial charge in [0.25, 0.3) is 0 Å². The van der Waals surface area contributed by atoms with Crippen molar-refractivity contribution in [2.24, 2.45) is 5.92 Å². The van der Waals surface area contributed by atoms with Crippen LogP contribution in [0.15, 0.2) is 53.6 Å². The third-order valence-corrected chi connectivity index (χ3v) is 10.2. The summed E-state index contributed by atoms with van der Waals surface area (Å²) in [7, 11) is -3.56. The molecule has 1 saturated heterocycles. The second-order valence-corrected chi connectivity index (χ2v) is 14.1. The number of unbranched alkanes of at least 4 members (excludes halogenated alkanes) is 1. The Morgan fingerprint density at radius 1 is 1.02 bits per heavy atom. The van der Waals surface area contributed by atoms with Gasteiger partial charge in [-0.3, -0.25) is 0 Å². The molecular formula is C33H47N5O4S. The number of aromatic hydroxyl groups is 1. The maximum atomic E-state index is 12.9. The number of ether oxygens (including phenoxy) is 1. The summed E-state index contributed by atoms with van der Waals surface area (Å²) in [5.74, 6) is 1.54. The molecule has 3 aromatic rings. The van der Waals surface area contributed by atoms with Crippen molar-refractivity contribution >= 4 is 33.0 Å². The van der Waals surface area contributed by atoms with E-state index in [0.717, 1.165) is 12.8 Å². The van der Waals surface area contributed by atoms with Crippen LogP contribution in [-0.4, -0.2) is 59.9 Å². The molecule has 1 atom stereocenters. The van der Waals surface area contributed by atoms with Crippen LogP contribution in [0.4, 0.5) is 23.1 Å². The van der Waals surface area contributed by atoms with Crippen molar-refractivity contribution in [3.63, 3.8) is 0 Å². The normalized spacial score (nSPS) is 14.6. The standard InChI is InChI=1S/C33H47N5O4S/c1-5-7-12-26(23-38-19-10-11-20-38)16-15-25-17-18-27(30(21-25)42-6-2)36-33-34-22-29(39)32(37-33)35-28-13-8-9-14-31(28)43(40,41)24(3)4/h8-9,13-14,17-18,21-22,24,26,39H,5-7,10-12,15-16,19-20,23H2,1-4H3,(H2,34,35,36,37)/t26-/m1/s1. The Bertz CT molecular complexity index is 1440. The lowest BCUT2D eigenvalue weighted by molar-refractivity contribution is 0.256. The molecule has 1 fully saturated rings. The Morgan fingerprint density at radius 3 is 2.51 bits per heavy atom. The van der Waals surface area contributed by atoms with E-state index in [2.05, 4.69) is 44.6 Å². The SMILES string of the molecule is CCCC[C@H](CCc1ccc(Nc2ncc(O)c(Nc3ccccc3S(=O)(=O)C(C)C)n2)c(OCC)c1)CN1CCCC1. The number of nitrogens with zero attached hydrogens (tertiary/aromatic N) is 3. The molecule has 0 amide bonds. The van der Waals surface area contributed by atoms with Gasteiger partial charge in [0.05, 0.1) is 34.3 Å². The van der Waals surface area contributed by atoms with Gasteiger partial charge in [0.2, 0.25) is 5.95 Å². The summed E-state index contributed by atoms with van der Waals surface area (Å²) in [5, 5.41) is 16.1. The summed E-state index contributed by atoms with van der Waals surface area (Å²) in [5.41, 5.74) is 2.27. The number of aryl methyl sites for hydroxylation is 1. The summed E-state index contributed by atoms with van der Waals surface area (Å²) >= 11 is 0. The van der Waals surface area contributed by atoms with E-state index in [1.165, 1.54) is 63.5 Å². The minimum absolute atomic E-state index is 0.0922. The third kappa shape index (κ3) is 8.83. The molecule has 0 unspecified atom stereocenters. The first-order valence-electron chi connectivity index (χ1n) is 15.6. The molecule has 9 nitrogen and oxygen atoms in total. The van der Waals surface area contributed by atoms with Crippen LogP contribution >= 0.6 is 0 Å². The molecule has 2 heterocycles. The van der Waals surface area contributed by atoms with E-state index in [0.29, 0.717) is 29.6 Å². The number of nitrogens with one attached hydrogen (secondary N) is 2. The number of aromatic nitrogens is 2. The number of rotatable bonds is 16. The lowest BCUT2D eigenvalue weighted by Gasteiger charge is -2.23. The Labute approximate surface area is 257 Å². The van der Waals surface area contributed by atoms with Crippen LogP contribution in [0.5, 0.6) is 11.5 Å². The molecular weight excluding hydrogens is 562 g/mol. The number of benzene rings is 2. The smallest absolute Gasteiger partial charge is 0.229 e. The molecule has 3 N–H and O–H groups in total. The lowest BCUT2D eigenvalue weighted by atomic mass is 9.93. The van der Waals surface area contributed by atoms with Gasteiger partial charge in [-0.1, -0.05) is 38.0 Å². The van der Waals surface area contributed by atoms with Crippen LogP contribution < -0.4 is 15.4 Å². The minimum atomic E-state index is -3.56. The van der Waals surface area contributed by atoms with Crippen molar-refractivity contribution in [2.75, 3.05) is 36.9 Å². The maximum absolute atomic E-state index is 12.9. The Kier molecular flexibility index (Phi) is 11.6. The number of likely N-dealkylation sites (tertiary alicyclic amines) is 1. The van der Waals surface area contributed by atoms with Crippen molar-refractivity contribution in [3.05, 3.63) is 54.2 Å². The van der Waals surface area contributed by atoms with Crippen LogP contribution in [0.1, 0.15) is 71.8 Å². The van der Waals surface area contributed by atoms with E-state index >= 15 is 0 Å². The highest BCUT2D eigenvalue weighted by Crippen LogP contribution is 2.33. The highest BCUT2D eigenvalue weighted by Gasteiger charge is 2.23. The maximum Gasteiger partial charge on any atom is 0.229 e. The molecule has 1 aliphatic heterocycles. The molecule has 1 aliphatic rings. The van der Waals surface area contributed by atoms with Gasteiger partial charge in [0.15, 0.2) is 21.4 Å². The first kappa shape index (κ1) is 32.5. The van der Waals surface area contributed by atoms with Crippen molar-refractivity contribution in [3.8, 4) is 11.5 Å². The van der Waals surface area contributed by atoms with Crippen molar-refractivity contribution in [1.29, 1.82) is 0 Å². The zero-order valence-corrected chi connectivity index (χ0v) is 26.8. The van der Waals surface area contributed by atoms with Crippen molar-refractivity contribution in [2.45, 2.75) is 82.8 Å². The van der Waals surface area contributed by atoms with E-state index in [9.17, 15) is 13.5 Å². The van der Waals surface area contributed by atoms with Crippen LogP contribution in [0.3, 0.4) is 0 Å². The molecule has 0 aliphatic carbocycles. The largest absolute Gasteiger partial charge is 0.503 e. The molecule has 0 saturated carbocycles. The molecule has 4 rings (SSSR count). The number of sulfone groups is 1. The second-order valence-electron chi connectivity index (χ2n) is 11.6. The summed E-state index contributed by atoms with van der Waals surface area (Å²) in [6.07, 6.45) is 9.84. The Hall–Kier alpha value is -3.37. The summed E-state index contributed by atoms with van der Waals surface area (Å²) in [6.45, 7) is 11.7. The van der Waals surface area contributed by atoms with Crippen molar-refractivity contribution < 1.29 is 18.3 Å². The summed E-state index contributed by atoms with van der Waals surface area (Å²) in [4.78, 5) is 11.5. The number of para-hydroxylation sites is 1. The quantitative estimate of drug-likeness (QED) is 0.157. The highest BCUT2D eigenvalue weighted by atomic mass is 32.2. The first-order chi connectivity index (χ1) is 20.7. The molecule has 2 aromatic carbocycles. The van der Waals surface area contributed by atoms with Crippen LogP contribution in [0.2, 0.25) is 0 Å². The van der Waals surface area contributed by atoms with E-state index in [1.54, 1.807) is 38.1 Å². The van der Waals surface area contributed by atoms with Gasteiger partial charge in [-0.25, -0.2) is 13.4 Å². The zero-order chi connectivity index (χ0) is 30.8. The molecule has 0 radical (unpaired) electrons. The topological polar surface area (TPSA) is 117 Å². The third-order valence-electron chi connectivity index (χ3n) is 7.95. The van der Waals surface area contributed by atoms with Crippen LogP contribution in [0, 0.1) is 5.92 Å². The highest BCUT2D eigenvalue weighted by molar-refractivity contribution is 7.92. The predicted octanol–water partition coefficient (Wildman–Crippen LogP) is 7.09. The van der Waals surface area contributed by atoms with Crippen molar-refractivity contribution in [1.82, 2.24) is 14.9 Å². The van der Waals surface area contributed by atoms with Gasteiger partial charge in [-0.15, -0.1) is 0 Å². The van der Waals surface area contributed by atoms with Gasteiger partial charge < -0.3 is 25.4 Å². The number of anilines is 4. The molecule has 10 heteroatoms. The summed E-state index contributed by atoms with van der Waals surface area (Å²) in [6, 6.07) is 12.8. The molecule has 1 aromatic heterocycles. The van der Waals surface area contributed by atoms with E-state index < -0.39 is 15.1 Å². The molecule has 43 heavy (non-hydrogen) atoms. The monoisotopic (exact) mass is 609 g/mol. The van der Waals surface area contributed by atoms with Gasteiger partial charge >= 0.3 is 0 Å². The van der Waals surface area contributed by atoms with Gasteiger partial charge in [-0.2, -0.15) is 4.98 Å². The number of hydrogen-bond donors (Lipinski definition) is 3. The summed E-state index contributed by atoms with van der Waals surface area (Å²) < 4.78 is 31.8. The zero-order valence-electron chi connectivity index (χ0n) is 26.0. The number of hydrogen-bond acceptors (Lipinski definition) is 9. The van der Waals surface area contributed by atoms with Crippen LogP contribution in [-0.2, 0) is 16.3 Å². The van der Waals surface area contributed by atoms with Gasteiger partial charge in [0.1, 0.15) is 5.75 Å². The second kappa shape index (κ2) is 15.4. The predicted molar refractivity (Wildman–Crippen MR) is 174 cm³/mol. The van der Waals surface area contributed by atoms with Crippen LogP contribution in [0.25, 0.3) is 0 Å². The average molecular weight is 610 g/mol. The average Bonchev–Trinajstić information content (AvgIpc) is 3.51. The molecule has 234 valence electrons. The van der Waals surface area contributed by atoms with E-state index in [-0.39, 0.29) is 22.4 Å². The van der Waals surface area contributed by atoms with Gasteiger partial charge in [-0.05, 0) is 102 Å². The fourth-order valence-corrected chi connectivity index (χ4v) is 6.67. The molecule has 0 spiro atoms. The Balaban J connectivity index is 1.49.